The van der Waals surface area contributed by atoms with E-state index in [1.54, 1.807) is 20.7 Å². The first-order valence-corrected chi connectivity index (χ1v) is 14.8. The van der Waals surface area contributed by atoms with Crippen LogP contribution in [-0.2, 0) is 16.0 Å². The lowest BCUT2D eigenvalue weighted by atomic mass is 9.77. The molecule has 0 bridgehead atoms. The predicted molar refractivity (Wildman–Crippen MR) is 153 cm³/mol. The molecular formula is C30H43N5O5. The number of carbonyl (C=O) groups is 2. The maximum Gasteiger partial charge on any atom is 0.416 e. The fourth-order valence-electron chi connectivity index (χ4n) is 6.66. The summed E-state index contributed by atoms with van der Waals surface area (Å²) < 4.78 is 12.9. The van der Waals surface area contributed by atoms with Crippen LogP contribution in [0, 0.1) is 11.8 Å². The molecule has 5 rings (SSSR count). The van der Waals surface area contributed by atoms with Crippen LogP contribution in [0.15, 0.2) is 30.6 Å². The van der Waals surface area contributed by atoms with Gasteiger partial charge in [0.15, 0.2) is 6.23 Å². The van der Waals surface area contributed by atoms with Gasteiger partial charge in [-0.25, -0.2) is 9.59 Å². The Morgan fingerprint density at radius 2 is 1.80 bits per heavy atom. The van der Waals surface area contributed by atoms with Gasteiger partial charge in [-0.2, -0.15) is 5.10 Å². The zero-order chi connectivity index (χ0) is 28.1. The average molecular weight is 554 g/mol. The lowest BCUT2D eigenvalue weighted by Crippen LogP contribution is -2.53. The molecule has 0 spiro atoms. The Morgan fingerprint density at radius 3 is 2.55 bits per heavy atom. The van der Waals surface area contributed by atoms with E-state index in [-0.39, 0.29) is 25.4 Å². The summed E-state index contributed by atoms with van der Waals surface area (Å²) in [6.45, 7) is 3.43. The summed E-state index contributed by atoms with van der Waals surface area (Å²) in [5.41, 5.74) is 2.88. The minimum Gasteiger partial charge on any atom is -0.452 e. The topological polar surface area (TPSA) is 109 Å². The third-order valence-corrected chi connectivity index (χ3v) is 8.76. The normalized spacial score (nSPS) is 24.1. The highest BCUT2D eigenvalue weighted by Gasteiger charge is 2.38. The van der Waals surface area contributed by atoms with Crippen molar-refractivity contribution in [2.24, 2.45) is 11.8 Å². The van der Waals surface area contributed by atoms with Crippen molar-refractivity contribution in [3.8, 4) is 11.1 Å². The van der Waals surface area contributed by atoms with E-state index in [2.05, 4.69) is 10.4 Å². The SMILES string of the molecule is COC(=O)N1c2ccc(-c3cnn(CCO)c3)cc2N(C(=O)OC2CC(C3CCCCCCC3)CCN2)C[C@@H]1C. The van der Waals surface area contributed by atoms with E-state index in [4.69, 9.17) is 9.47 Å². The Bertz CT molecular complexity index is 1160. The second kappa shape index (κ2) is 13.0. The molecule has 1 aromatic heterocycles. The first-order chi connectivity index (χ1) is 19.5. The van der Waals surface area contributed by atoms with Crippen LogP contribution < -0.4 is 15.1 Å². The number of ether oxygens (including phenoxy) is 2. The fourth-order valence-corrected chi connectivity index (χ4v) is 6.66. The van der Waals surface area contributed by atoms with E-state index in [9.17, 15) is 14.7 Å². The quantitative estimate of drug-likeness (QED) is 0.527. The number of hydrogen-bond donors (Lipinski definition) is 2. The number of piperidine rings is 1. The Kier molecular flexibility index (Phi) is 9.26. The molecule has 1 aromatic carbocycles. The number of nitrogens with zero attached hydrogens (tertiary/aromatic N) is 4. The van der Waals surface area contributed by atoms with Gasteiger partial charge in [0.05, 0.1) is 50.4 Å². The number of aliphatic hydroxyl groups excluding tert-OH is 1. The fraction of sp³-hybridized carbons (Fsp3) is 0.633. The molecule has 1 aliphatic carbocycles. The molecule has 2 fully saturated rings. The lowest BCUT2D eigenvalue weighted by Gasteiger charge is -2.41. The zero-order valence-electron chi connectivity index (χ0n) is 23.8. The Labute approximate surface area is 236 Å². The van der Waals surface area contributed by atoms with Gasteiger partial charge in [0, 0.05) is 18.2 Å². The van der Waals surface area contributed by atoms with Crippen molar-refractivity contribution >= 4 is 23.6 Å². The molecule has 1 saturated carbocycles. The molecule has 40 heavy (non-hydrogen) atoms. The van der Waals surface area contributed by atoms with E-state index in [0.717, 1.165) is 30.5 Å². The van der Waals surface area contributed by atoms with E-state index in [1.807, 2.05) is 31.3 Å². The first kappa shape index (κ1) is 28.4. The standard InChI is InChI=1S/C30H43N5O5/c1-21-19-34(29(37)40-28-17-24(12-13-31-28)22-8-6-4-3-5-7-9-22)27-16-23(25-18-32-33(20-25)14-15-36)10-11-26(27)35(21)30(38)39-2/h10-11,16,18,20-22,24,28,31,36H,3-9,12-15,17,19H2,1-2H3/t21-,24?,28?/m0/s1. The number of benzene rings is 1. The Balaban J connectivity index is 1.36. The van der Waals surface area contributed by atoms with Crippen molar-refractivity contribution in [3.05, 3.63) is 30.6 Å². The number of anilines is 2. The van der Waals surface area contributed by atoms with Crippen LogP contribution in [0.2, 0.25) is 0 Å². The maximum atomic E-state index is 13.7. The number of amides is 2. The highest BCUT2D eigenvalue weighted by Crippen LogP contribution is 2.40. The van der Waals surface area contributed by atoms with E-state index >= 15 is 0 Å². The van der Waals surface area contributed by atoms with Gasteiger partial charge < -0.3 is 14.6 Å². The molecule has 3 atom stereocenters. The molecule has 218 valence electrons. The Hall–Kier alpha value is -3.11. The zero-order valence-corrected chi connectivity index (χ0v) is 23.8. The summed E-state index contributed by atoms with van der Waals surface area (Å²) >= 11 is 0. The molecule has 0 radical (unpaired) electrons. The average Bonchev–Trinajstić information content (AvgIpc) is 3.41. The molecule has 3 aliphatic rings. The summed E-state index contributed by atoms with van der Waals surface area (Å²) in [5, 5.41) is 17.0. The summed E-state index contributed by atoms with van der Waals surface area (Å²) in [6.07, 6.45) is 13.5. The van der Waals surface area contributed by atoms with Crippen molar-refractivity contribution in [2.75, 3.05) is 36.6 Å². The predicted octanol–water partition coefficient (Wildman–Crippen LogP) is 5.15. The number of methoxy groups -OCH3 is 1. The van der Waals surface area contributed by atoms with Crippen molar-refractivity contribution in [2.45, 2.75) is 83.5 Å². The van der Waals surface area contributed by atoms with Gasteiger partial charge in [-0.05, 0) is 49.4 Å². The smallest absolute Gasteiger partial charge is 0.416 e. The summed E-state index contributed by atoms with van der Waals surface area (Å²) in [5.74, 6) is 1.28. The largest absolute Gasteiger partial charge is 0.452 e. The van der Waals surface area contributed by atoms with Crippen molar-refractivity contribution in [3.63, 3.8) is 0 Å². The molecule has 1 saturated heterocycles. The van der Waals surface area contributed by atoms with Gasteiger partial charge in [0.1, 0.15) is 0 Å². The molecular weight excluding hydrogens is 510 g/mol. The van der Waals surface area contributed by atoms with Crippen LogP contribution in [-0.4, -0.2) is 66.1 Å². The van der Waals surface area contributed by atoms with Gasteiger partial charge in [0.25, 0.3) is 0 Å². The third kappa shape index (κ3) is 6.28. The van der Waals surface area contributed by atoms with Crippen molar-refractivity contribution < 1.29 is 24.2 Å². The van der Waals surface area contributed by atoms with Crippen molar-refractivity contribution in [1.82, 2.24) is 15.1 Å². The molecule has 3 heterocycles. The van der Waals surface area contributed by atoms with Crippen LogP contribution in [0.25, 0.3) is 11.1 Å². The molecule has 2 N–H and O–H groups in total. The number of rotatable bonds is 5. The number of nitrogens with one attached hydrogen (secondary N) is 1. The highest BCUT2D eigenvalue weighted by molar-refractivity contribution is 6.01. The molecule has 2 amide bonds. The van der Waals surface area contributed by atoms with Gasteiger partial charge in [-0.1, -0.05) is 51.0 Å². The molecule has 10 heteroatoms. The van der Waals surface area contributed by atoms with Gasteiger partial charge in [-0.15, -0.1) is 0 Å². The van der Waals surface area contributed by atoms with Crippen molar-refractivity contribution in [1.29, 1.82) is 0 Å². The molecule has 2 aliphatic heterocycles. The lowest BCUT2D eigenvalue weighted by molar-refractivity contribution is 0.0340. The van der Waals surface area contributed by atoms with Gasteiger partial charge in [0.2, 0.25) is 0 Å². The third-order valence-electron chi connectivity index (χ3n) is 8.76. The molecule has 2 unspecified atom stereocenters. The van der Waals surface area contributed by atoms with E-state index < -0.39 is 12.2 Å². The van der Waals surface area contributed by atoms with Crippen LogP contribution >= 0.6 is 0 Å². The summed E-state index contributed by atoms with van der Waals surface area (Å²) in [6, 6.07) is 5.33. The van der Waals surface area contributed by atoms with Crippen LogP contribution in [0.1, 0.15) is 64.7 Å². The number of carbonyl (C=O) groups excluding carboxylic acids is 2. The number of aliphatic hydroxyl groups is 1. The highest BCUT2D eigenvalue weighted by atomic mass is 16.6. The van der Waals surface area contributed by atoms with Crippen LogP contribution in [0.3, 0.4) is 0 Å². The first-order valence-electron chi connectivity index (χ1n) is 14.8. The van der Waals surface area contributed by atoms with E-state index in [1.165, 1.54) is 52.1 Å². The van der Waals surface area contributed by atoms with Gasteiger partial charge in [-0.3, -0.25) is 19.8 Å². The monoisotopic (exact) mass is 553 g/mol. The minimum absolute atomic E-state index is 0.00624. The van der Waals surface area contributed by atoms with Crippen LogP contribution in [0.5, 0.6) is 0 Å². The second-order valence-corrected chi connectivity index (χ2v) is 11.4. The molecule has 10 nitrogen and oxygen atoms in total. The van der Waals surface area contributed by atoms with E-state index in [0.29, 0.717) is 29.8 Å². The number of aromatic nitrogens is 2. The second-order valence-electron chi connectivity index (χ2n) is 11.4. The summed E-state index contributed by atoms with van der Waals surface area (Å²) in [4.78, 5) is 29.7. The summed E-state index contributed by atoms with van der Waals surface area (Å²) in [7, 11) is 1.36. The minimum atomic E-state index is -0.471. The number of fused-ring (bicyclic) bond motifs is 1. The Morgan fingerprint density at radius 1 is 1.02 bits per heavy atom. The maximum absolute atomic E-state index is 13.7. The molecule has 2 aromatic rings. The number of hydrogen-bond acceptors (Lipinski definition) is 7. The van der Waals surface area contributed by atoms with Gasteiger partial charge >= 0.3 is 12.2 Å². The van der Waals surface area contributed by atoms with Crippen LogP contribution in [0.4, 0.5) is 21.0 Å².